The molecule has 1 aromatic carbocycles. The van der Waals surface area contributed by atoms with Crippen LogP contribution in [-0.4, -0.2) is 28.4 Å². The Morgan fingerprint density at radius 1 is 0.647 bits per heavy atom. The maximum Gasteiger partial charge on any atom is 0.210 e. The molecule has 2 rings (SSSR count). The Morgan fingerprint density at radius 3 is 1.50 bits per heavy atom. The first-order chi connectivity index (χ1) is 16.4. The van der Waals surface area contributed by atoms with E-state index in [1.54, 1.807) is 6.92 Å². The van der Waals surface area contributed by atoms with Crippen LogP contribution in [0.4, 0.5) is 0 Å². The fourth-order valence-electron chi connectivity index (χ4n) is 4.46. The van der Waals surface area contributed by atoms with Crippen LogP contribution in [0.15, 0.2) is 10.1 Å². The van der Waals surface area contributed by atoms with Crippen LogP contribution >= 0.6 is 23.2 Å². The molecule has 0 aliphatic heterocycles. The van der Waals surface area contributed by atoms with E-state index in [4.69, 9.17) is 27.9 Å². The summed E-state index contributed by atoms with van der Waals surface area (Å²) in [5.41, 5.74) is -0.329. The number of hydrogen-bond acceptors (Lipinski definition) is 5. The molecule has 0 atom stereocenters. The van der Waals surface area contributed by atoms with E-state index in [1.165, 1.54) is 64.2 Å². The van der Waals surface area contributed by atoms with Gasteiger partial charge in [0.15, 0.2) is 11.5 Å². The van der Waals surface area contributed by atoms with Gasteiger partial charge in [0.25, 0.3) is 0 Å². The first kappa shape index (κ1) is 28.5. The lowest BCUT2D eigenvalue weighted by atomic mass is 9.88. The van der Waals surface area contributed by atoms with Gasteiger partial charge in [0.1, 0.15) is 15.8 Å². The zero-order chi connectivity index (χ0) is 25.1. The number of ketones is 2. The molecule has 0 amide bonds. The molecule has 0 aromatic heterocycles. The number of ether oxygens (including phenoxy) is 1. The lowest BCUT2D eigenvalue weighted by molar-refractivity contribution is 0.0981. The van der Waals surface area contributed by atoms with E-state index < -0.39 is 27.4 Å². The SMILES string of the molecule is CCCCCCCCCCCCCCCc1c(O)c2c(c(O)c1OCC)C(=O)C(Cl)=C(Cl)C2=O. The molecular weight excluding hydrogens is 475 g/mol. The van der Waals surface area contributed by atoms with E-state index in [2.05, 4.69) is 6.92 Å². The number of fused-ring (bicyclic) bond motifs is 1. The van der Waals surface area contributed by atoms with Gasteiger partial charge in [-0.3, -0.25) is 9.59 Å². The van der Waals surface area contributed by atoms with Crippen LogP contribution in [0, 0.1) is 0 Å². The van der Waals surface area contributed by atoms with Crippen LogP contribution in [0.1, 0.15) is 124 Å². The van der Waals surface area contributed by atoms with Crippen LogP contribution in [0.25, 0.3) is 0 Å². The molecular formula is C27H38Cl2O5. The van der Waals surface area contributed by atoms with E-state index in [0.717, 1.165) is 19.3 Å². The van der Waals surface area contributed by atoms with E-state index in [1.807, 2.05) is 0 Å². The molecule has 0 spiro atoms. The van der Waals surface area contributed by atoms with Crippen molar-refractivity contribution in [2.75, 3.05) is 6.61 Å². The standard InChI is InChI=1S/C27H38Cl2O5/c1-3-5-6-7-8-9-10-11-12-13-14-15-16-17-18-23(30)19-20(26(33)27(18)34-4-2)25(32)22(29)21(28)24(19)31/h30,33H,3-17H2,1-2H3. The zero-order valence-electron chi connectivity index (χ0n) is 20.5. The highest BCUT2D eigenvalue weighted by atomic mass is 35.5. The normalized spacial score (nSPS) is 13.5. The monoisotopic (exact) mass is 512 g/mol. The summed E-state index contributed by atoms with van der Waals surface area (Å²) < 4.78 is 5.56. The third-order valence-corrected chi connectivity index (χ3v) is 7.18. The van der Waals surface area contributed by atoms with Crippen molar-refractivity contribution in [1.82, 2.24) is 0 Å². The van der Waals surface area contributed by atoms with Gasteiger partial charge in [0, 0.05) is 5.56 Å². The molecule has 0 radical (unpaired) electrons. The highest BCUT2D eigenvalue weighted by Gasteiger charge is 2.38. The number of unbranched alkanes of at least 4 members (excludes halogenated alkanes) is 12. The molecule has 34 heavy (non-hydrogen) atoms. The van der Waals surface area contributed by atoms with Gasteiger partial charge in [0.05, 0.1) is 17.7 Å². The summed E-state index contributed by atoms with van der Waals surface area (Å²) in [4.78, 5) is 25.2. The number of Topliss-reactive ketones (excluding diaryl/α,β-unsaturated/α-hetero) is 2. The van der Waals surface area contributed by atoms with Gasteiger partial charge in [-0.25, -0.2) is 0 Å². The van der Waals surface area contributed by atoms with Crippen LogP contribution < -0.4 is 4.74 Å². The Hall–Kier alpha value is -1.72. The summed E-state index contributed by atoms with van der Waals surface area (Å²) in [6, 6.07) is 0. The molecule has 0 heterocycles. The fraction of sp³-hybridized carbons (Fsp3) is 0.630. The Bertz CT molecular complexity index is 892. The average molecular weight is 514 g/mol. The number of phenolic OH excluding ortho intramolecular Hbond substituents is 2. The second-order valence-electron chi connectivity index (χ2n) is 8.97. The van der Waals surface area contributed by atoms with Gasteiger partial charge in [-0.15, -0.1) is 0 Å². The van der Waals surface area contributed by atoms with E-state index >= 15 is 0 Å². The number of halogens is 2. The molecule has 7 heteroatoms. The van der Waals surface area contributed by atoms with Gasteiger partial charge in [-0.05, 0) is 19.8 Å². The van der Waals surface area contributed by atoms with Gasteiger partial charge in [-0.1, -0.05) is 107 Å². The summed E-state index contributed by atoms with van der Waals surface area (Å²) in [5.74, 6) is -2.39. The smallest absolute Gasteiger partial charge is 0.210 e. The molecule has 1 aromatic rings. The Balaban J connectivity index is 1.89. The molecule has 0 saturated carbocycles. The minimum atomic E-state index is -0.803. The van der Waals surface area contributed by atoms with Gasteiger partial charge >= 0.3 is 0 Å². The molecule has 2 N–H and O–H groups in total. The number of rotatable bonds is 16. The van der Waals surface area contributed by atoms with Gasteiger partial charge in [-0.2, -0.15) is 0 Å². The first-order valence-electron chi connectivity index (χ1n) is 12.7. The summed E-state index contributed by atoms with van der Waals surface area (Å²) >= 11 is 11.8. The maximum absolute atomic E-state index is 12.6. The number of phenols is 2. The third-order valence-electron chi connectivity index (χ3n) is 6.36. The summed E-state index contributed by atoms with van der Waals surface area (Å²) in [6.07, 6.45) is 16.2. The van der Waals surface area contributed by atoms with E-state index in [-0.39, 0.29) is 29.2 Å². The number of allylic oxidation sites excluding steroid dienone is 2. The second-order valence-corrected chi connectivity index (χ2v) is 9.72. The second kappa shape index (κ2) is 14.6. The molecule has 5 nitrogen and oxygen atoms in total. The summed E-state index contributed by atoms with van der Waals surface area (Å²) in [6.45, 7) is 4.20. The minimum Gasteiger partial charge on any atom is -0.507 e. The van der Waals surface area contributed by atoms with Crippen molar-refractivity contribution in [3.63, 3.8) is 0 Å². The predicted octanol–water partition coefficient (Wildman–Crippen LogP) is 8.20. The highest BCUT2D eigenvalue weighted by molar-refractivity contribution is 6.59. The number of aromatic hydroxyl groups is 2. The molecule has 0 fully saturated rings. The summed E-state index contributed by atoms with van der Waals surface area (Å²) in [5, 5.41) is 20.7. The quantitative estimate of drug-likeness (QED) is 0.172. The molecule has 0 saturated heterocycles. The van der Waals surface area contributed by atoms with E-state index in [9.17, 15) is 19.8 Å². The molecule has 0 bridgehead atoms. The molecule has 190 valence electrons. The number of carbonyl (C=O) groups excluding carboxylic acids is 2. The lowest BCUT2D eigenvalue weighted by Crippen LogP contribution is -2.19. The van der Waals surface area contributed by atoms with Crippen molar-refractivity contribution < 1.29 is 24.5 Å². The molecule has 0 unspecified atom stereocenters. The lowest BCUT2D eigenvalue weighted by Gasteiger charge is -2.22. The van der Waals surface area contributed by atoms with Crippen molar-refractivity contribution in [3.05, 3.63) is 26.8 Å². The predicted molar refractivity (Wildman–Crippen MR) is 138 cm³/mol. The number of hydrogen-bond donors (Lipinski definition) is 2. The minimum absolute atomic E-state index is 0.0290. The molecule has 1 aliphatic carbocycles. The van der Waals surface area contributed by atoms with Crippen LogP contribution in [-0.2, 0) is 6.42 Å². The topological polar surface area (TPSA) is 83.8 Å². The highest BCUT2D eigenvalue weighted by Crippen LogP contribution is 2.48. The van der Waals surface area contributed by atoms with E-state index in [0.29, 0.717) is 12.0 Å². The van der Waals surface area contributed by atoms with Crippen LogP contribution in [0.2, 0.25) is 0 Å². The fourth-order valence-corrected chi connectivity index (χ4v) is 4.82. The van der Waals surface area contributed by atoms with Crippen molar-refractivity contribution in [1.29, 1.82) is 0 Å². The van der Waals surface area contributed by atoms with Crippen LogP contribution in [0.5, 0.6) is 17.2 Å². The largest absolute Gasteiger partial charge is 0.507 e. The van der Waals surface area contributed by atoms with Crippen molar-refractivity contribution >= 4 is 34.8 Å². The Morgan fingerprint density at radius 2 is 1.06 bits per heavy atom. The summed E-state index contributed by atoms with van der Waals surface area (Å²) in [7, 11) is 0. The molecule has 1 aliphatic rings. The number of benzene rings is 1. The van der Waals surface area contributed by atoms with Crippen LogP contribution in [0.3, 0.4) is 0 Å². The average Bonchev–Trinajstić information content (AvgIpc) is 2.82. The van der Waals surface area contributed by atoms with Crippen molar-refractivity contribution in [2.24, 2.45) is 0 Å². The Kier molecular flexibility index (Phi) is 12.3. The van der Waals surface area contributed by atoms with Gasteiger partial charge < -0.3 is 14.9 Å². The first-order valence-corrected chi connectivity index (χ1v) is 13.5. The third kappa shape index (κ3) is 7.14. The van der Waals surface area contributed by atoms with Gasteiger partial charge in [0.2, 0.25) is 11.6 Å². The van der Waals surface area contributed by atoms with Crippen molar-refractivity contribution in [3.8, 4) is 17.2 Å². The Labute approximate surface area is 213 Å². The number of carbonyl (C=O) groups is 2. The maximum atomic E-state index is 12.6. The zero-order valence-corrected chi connectivity index (χ0v) is 22.0. The van der Waals surface area contributed by atoms with Crippen molar-refractivity contribution in [2.45, 2.75) is 104 Å².